The van der Waals surface area contributed by atoms with E-state index in [0.29, 0.717) is 24.6 Å². The number of nitrogens with zero attached hydrogens (tertiary/aromatic N) is 1. The number of ether oxygens (including phenoxy) is 1. The Bertz CT molecular complexity index is 433. The summed E-state index contributed by atoms with van der Waals surface area (Å²) in [6.45, 7) is 4.82. The number of amides is 1. The van der Waals surface area contributed by atoms with E-state index in [0.717, 1.165) is 6.42 Å². The lowest BCUT2D eigenvalue weighted by molar-refractivity contribution is -0.122. The second kappa shape index (κ2) is 7.85. The van der Waals surface area contributed by atoms with Crippen LogP contribution in [0.1, 0.15) is 48.2 Å². The number of carboxylic acids is 1. The Morgan fingerprint density at radius 3 is 2.84 bits per heavy atom. The van der Waals surface area contributed by atoms with Crippen molar-refractivity contribution >= 4 is 23.2 Å². The Labute approximate surface area is 115 Å². The Hall–Kier alpha value is -1.47. The molecule has 0 spiro atoms. The number of hydrogen-bond donors (Lipinski definition) is 2. The highest BCUT2D eigenvalue weighted by molar-refractivity contribution is 7.09. The summed E-state index contributed by atoms with van der Waals surface area (Å²) in [4.78, 5) is 26.2. The molecule has 0 aliphatic heterocycles. The number of nitrogens with one attached hydrogen (secondary N) is 1. The van der Waals surface area contributed by atoms with Gasteiger partial charge in [0.05, 0.1) is 12.6 Å². The number of carbonyl (C=O) groups is 2. The van der Waals surface area contributed by atoms with Crippen molar-refractivity contribution in [1.82, 2.24) is 10.3 Å². The van der Waals surface area contributed by atoms with Crippen LogP contribution in [-0.4, -0.2) is 35.2 Å². The standard InChI is InChI=1S/C12H18N2O4S/c1-3-5-18-6-4-10(15)13-8(2)11-14-9(7-19-11)12(16)17/h7-8H,3-6H2,1-2H3,(H,13,15)(H,16,17). The zero-order chi connectivity index (χ0) is 14.3. The number of aromatic carboxylic acids is 1. The molecule has 0 aromatic carbocycles. The zero-order valence-corrected chi connectivity index (χ0v) is 11.8. The van der Waals surface area contributed by atoms with Crippen LogP contribution in [0.5, 0.6) is 0 Å². The SMILES string of the molecule is CCCOCCC(=O)NC(C)c1nc(C(=O)O)cs1. The van der Waals surface area contributed by atoms with Crippen molar-refractivity contribution in [3.63, 3.8) is 0 Å². The van der Waals surface area contributed by atoms with E-state index in [2.05, 4.69) is 10.3 Å². The predicted molar refractivity (Wildman–Crippen MR) is 71.4 cm³/mol. The summed E-state index contributed by atoms with van der Waals surface area (Å²) in [7, 11) is 0. The van der Waals surface area contributed by atoms with Crippen molar-refractivity contribution in [2.24, 2.45) is 0 Å². The number of carbonyl (C=O) groups excluding carboxylic acids is 1. The van der Waals surface area contributed by atoms with E-state index in [-0.39, 0.29) is 17.6 Å². The van der Waals surface area contributed by atoms with Gasteiger partial charge in [0.25, 0.3) is 0 Å². The predicted octanol–water partition coefficient (Wildman–Crippen LogP) is 1.84. The average Bonchev–Trinajstić information content (AvgIpc) is 2.84. The van der Waals surface area contributed by atoms with Crippen LogP contribution >= 0.6 is 11.3 Å². The van der Waals surface area contributed by atoms with E-state index < -0.39 is 5.97 Å². The summed E-state index contributed by atoms with van der Waals surface area (Å²) in [6, 6.07) is -0.295. The molecule has 0 radical (unpaired) electrons. The average molecular weight is 286 g/mol. The molecule has 0 aliphatic carbocycles. The minimum absolute atomic E-state index is 0.00683. The lowest BCUT2D eigenvalue weighted by atomic mass is 10.3. The monoisotopic (exact) mass is 286 g/mol. The molecular weight excluding hydrogens is 268 g/mol. The van der Waals surface area contributed by atoms with Crippen molar-refractivity contribution in [3.8, 4) is 0 Å². The number of aromatic nitrogens is 1. The fourth-order valence-electron chi connectivity index (χ4n) is 1.37. The lowest BCUT2D eigenvalue weighted by Crippen LogP contribution is -2.27. The van der Waals surface area contributed by atoms with Crippen LogP contribution in [0.25, 0.3) is 0 Å². The lowest BCUT2D eigenvalue weighted by Gasteiger charge is -2.11. The molecule has 6 nitrogen and oxygen atoms in total. The molecule has 19 heavy (non-hydrogen) atoms. The minimum Gasteiger partial charge on any atom is -0.476 e. The van der Waals surface area contributed by atoms with E-state index in [1.807, 2.05) is 6.92 Å². The highest BCUT2D eigenvalue weighted by Crippen LogP contribution is 2.17. The van der Waals surface area contributed by atoms with Gasteiger partial charge in [-0.15, -0.1) is 11.3 Å². The van der Waals surface area contributed by atoms with E-state index in [1.165, 1.54) is 16.7 Å². The van der Waals surface area contributed by atoms with Crippen LogP contribution in [0, 0.1) is 0 Å². The van der Waals surface area contributed by atoms with Crippen molar-refractivity contribution in [2.75, 3.05) is 13.2 Å². The van der Waals surface area contributed by atoms with Crippen molar-refractivity contribution in [1.29, 1.82) is 0 Å². The highest BCUT2D eigenvalue weighted by Gasteiger charge is 2.15. The van der Waals surface area contributed by atoms with Gasteiger partial charge in [0.15, 0.2) is 5.69 Å². The van der Waals surface area contributed by atoms with Crippen molar-refractivity contribution in [2.45, 2.75) is 32.7 Å². The molecule has 1 amide bonds. The first-order chi connectivity index (χ1) is 9.04. The molecule has 2 N–H and O–H groups in total. The normalized spacial score (nSPS) is 12.1. The maximum atomic E-state index is 11.6. The van der Waals surface area contributed by atoms with Crippen LogP contribution in [0.3, 0.4) is 0 Å². The van der Waals surface area contributed by atoms with E-state index in [1.54, 1.807) is 6.92 Å². The van der Waals surface area contributed by atoms with Gasteiger partial charge >= 0.3 is 5.97 Å². The second-order valence-electron chi connectivity index (χ2n) is 4.03. The summed E-state index contributed by atoms with van der Waals surface area (Å²) in [5.74, 6) is -1.19. The van der Waals surface area contributed by atoms with Gasteiger partial charge in [0.2, 0.25) is 5.91 Å². The summed E-state index contributed by atoms with van der Waals surface area (Å²) in [6.07, 6.45) is 1.22. The second-order valence-corrected chi connectivity index (χ2v) is 4.92. The number of carboxylic acid groups (broad SMARTS) is 1. The molecule has 7 heteroatoms. The van der Waals surface area contributed by atoms with Crippen molar-refractivity contribution < 1.29 is 19.4 Å². The molecule has 0 saturated heterocycles. The summed E-state index contributed by atoms with van der Waals surface area (Å²) >= 11 is 1.22. The van der Waals surface area contributed by atoms with Gasteiger partial charge in [-0.05, 0) is 13.3 Å². The van der Waals surface area contributed by atoms with E-state index >= 15 is 0 Å². The molecule has 0 bridgehead atoms. The molecule has 0 fully saturated rings. The largest absolute Gasteiger partial charge is 0.476 e. The van der Waals surface area contributed by atoms with Gasteiger partial charge in [0.1, 0.15) is 5.01 Å². The molecule has 1 aromatic heterocycles. The molecule has 0 saturated carbocycles. The van der Waals surface area contributed by atoms with Crippen LogP contribution < -0.4 is 5.32 Å². The molecule has 1 atom stereocenters. The highest BCUT2D eigenvalue weighted by atomic mass is 32.1. The minimum atomic E-state index is -1.06. The third-order valence-corrected chi connectivity index (χ3v) is 3.34. The quantitative estimate of drug-likeness (QED) is 0.712. The summed E-state index contributed by atoms with van der Waals surface area (Å²) in [5, 5.41) is 13.6. The Morgan fingerprint density at radius 1 is 1.53 bits per heavy atom. The number of thiazole rings is 1. The van der Waals surface area contributed by atoms with Crippen molar-refractivity contribution in [3.05, 3.63) is 16.1 Å². The molecule has 0 aliphatic rings. The van der Waals surface area contributed by atoms with Crippen LogP contribution in [-0.2, 0) is 9.53 Å². The third-order valence-electron chi connectivity index (χ3n) is 2.31. The van der Waals surface area contributed by atoms with Gasteiger partial charge in [-0.2, -0.15) is 0 Å². The molecule has 1 aromatic rings. The van der Waals surface area contributed by atoms with Gasteiger partial charge in [-0.3, -0.25) is 4.79 Å². The van der Waals surface area contributed by atoms with E-state index in [4.69, 9.17) is 9.84 Å². The first kappa shape index (κ1) is 15.6. The maximum absolute atomic E-state index is 11.6. The van der Waals surface area contributed by atoms with Crippen LogP contribution in [0.4, 0.5) is 0 Å². The Morgan fingerprint density at radius 2 is 2.26 bits per heavy atom. The van der Waals surface area contributed by atoms with Gasteiger partial charge in [0, 0.05) is 18.4 Å². The molecule has 1 unspecified atom stereocenters. The number of hydrogen-bond acceptors (Lipinski definition) is 5. The smallest absolute Gasteiger partial charge is 0.355 e. The van der Waals surface area contributed by atoms with Gasteiger partial charge in [-0.1, -0.05) is 6.92 Å². The first-order valence-electron chi connectivity index (χ1n) is 6.10. The molecule has 1 rings (SSSR count). The topological polar surface area (TPSA) is 88.5 Å². The summed E-state index contributed by atoms with van der Waals surface area (Å²) < 4.78 is 5.22. The maximum Gasteiger partial charge on any atom is 0.355 e. The molecule has 106 valence electrons. The fourth-order valence-corrected chi connectivity index (χ4v) is 2.17. The Kier molecular flexibility index (Phi) is 6.44. The first-order valence-corrected chi connectivity index (χ1v) is 6.98. The van der Waals surface area contributed by atoms with Gasteiger partial charge in [-0.25, -0.2) is 9.78 Å². The number of rotatable bonds is 8. The van der Waals surface area contributed by atoms with Crippen LogP contribution in [0.15, 0.2) is 5.38 Å². The zero-order valence-electron chi connectivity index (χ0n) is 11.0. The molecular formula is C12H18N2O4S. The third kappa shape index (κ3) is 5.35. The molecule has 1 heterocycles. The van der Waals surface area contributed by atoms with E-state index in [9.17, 15) is 9.59 Å². The van der Waals surface area contributed by atoms with Crippen LogP contribution in [0.2, 0.25) is 0 Å². The Balaban J connectivity index is 2.38. The summed E-state index contributed by atoms with van der Waals surface area (Å²) in [5.41, 5.74) is 0.00683. The fraction of sp³-hybridized carbons (Fsp3) is 0.583. The van der Waals surface area contributed by atoms with Gasteiger partial charge < -0.3 is 15.2 Å².